The number of hydrogen-bond acceptors (Lipinski definition) is 3. The molecule has 0 fully saturated rings. The van der Waals surface area contributed by atoms with E-state index in [1.165, 1.54) is 0 Å². The first-order valence-electron chi connectivity index (χ1n) is 3.43. The molecular formula is C8H9N3. The molecule has 1 rings (SSSR count). The minimum atomic E-state index is 0.455. The summed E-state index contributed by atoms with van der Waals surface area (Å²) < 4.78 is 0. The molecule has 2 N–H and O–H groups in total. The van der Waals surface area contributed by atoms with E-state index < -0.39 is 0 Å². The van der Waals surface area contributed by atoms with E-state index in [1.807, 2.05) is 18.2 Å². The number of nitrogens with zero attached hydrogens (tertiary/aromatic N) is 2. The van der Waals surface area contributed by atoms with Crippen molar-refractivity contribution in [2.24, 2.45) is 5.73 Å². The lowest BCUT2D eigenvalue weighted by Crippen LogP contribution is -2.04. The summed E-state index contributed by atoms with van der Waals surface area (Å²) in [5.74, 6) is 0. The number of rotatable bonds is 2. The highest BCUT2D eigenvalue weighted by atomic mass is 14.7. The van der Waals surface area contributed by atoms with E-state index in [0.29, 0.717) is 12.2 Å². The van der Waals surface area contributed by atoms with Gasteiger partial charge in [0.2, 0.25) is 0 Å². The van der Waals surface area contributed by atoms with Crippen molar-refractivity contribution in [3.05, 3.63) is 29.6 Å². The number of nitriles is 1. The molecule has 11 heavy (non-hydrogen) atoms. The molecule has 0 aromatic carbocycles. The van der Waals surface area contributed by atoms with Gasteiger partial charge in [-0.15, -0.1) is 0 Å². The van der Waals surface area contributed by atoms with Crippen molar-refractivity contribution in [2.75, 3.05) is 6.54 Å². The first-order chi connectivity index (χ1) is 5.36. The zero-order valence-corrected chi connectivity index (χ0v) is 6.12. The van der Waals surface area contributed by atoms with Gasteiger partial charge in [-0.2, -0.15) is 5.26 Å². The van der Waals surface area contributed by atoms with E-state index in [4.69, 9.17) is 11.0 Å². The van der Waals surface area contributed by atoms with Crippen molar-refractivity contribution >= 4 is 0 Å². The van der Waals surface area contributed by atoms with Crippen molar-refractivity contribution in [3.8, 4) is 6.07 Å². The zero-order chi connectivity index (χ0) is 8.10. The van der Waals surface area contributed by atoms with Crippen LogP contribution in [0.15, 0.2) is 18.2 Å². The standard InChI is InChI=1S/C8H9N3/c9-5-4-7-2-1-3-8(6-10)11-7/h1-3H,4-5,9H2. The minimum absolute atomic E-state index is 0.455. The third kappa shape index (κ3) is 2.03. The fourth-order valence-corrected chi connectivity index (χ4v) is 0.829. The molecule has 0 atom stereocenters. The van der Waals surface area contributed by atoms with Gasteiger partial charge >= 0.3 is 0 Å². The molecule has 0 amide bonds. The van der Waals surface area contributed by atoms with Crippen molar-refractivity contribution in [3.63, 3.8) is 0 Å². The van der Waals surface area contributed by atoms with Gasteiger partial charge in [0, 0.05) is 12.1 Å². The molecule has 0 aliphatic rings. The van der Waals surface area contributed by atoms with Crippen LogP contribution >= 0.6 is 0 Å². The average molecular weight is 147 g/mol. The molecule has 1 heterocycles. The summed E-state index contributed by atoms with van der Waals surface area (Å²) in [5, 5.41) is 8.49. The van der Waals surface area contributed by atoms with E-state index >= 15 is 0 Å². The van der Waals surface area contributed by atoms with Crippen molar-refractivity contribution in [2.45, 2.75) is 6.42 Å². The first kappa shape index (κ1) is 7.70. The van der Waals surface area contributed by atoms with Gasteiger partial charge in [0.25, 0.3) is 0 Å². The molecule has 56 valence electrons. The van der Waals surface area contributed by atoms with Crippen molar-refractivity contribution in [1.29, 1.82) is 5.26 Å². The second-order valence-electron chi connectivity index (χ2n) is 2.16. The Morgan fingerprint density at radius 1 is 1.55 bits per heavy atom. The zero-order valence-electron chi connectivity index (χ0n) is 6.12. The van der Waals surface area contributed by atoms with Crippen LogP contribution in [0.2, 0.25) is 0 Å². The normalized spacial score (nSPS) is 9.09. The van der Waals surface area contributed by atoms with Crippen LogP contribution in [0.1, 0.15) is 11.4 Å². The number of aromatic nitrogens is 1. The third-order valence-corrected chi connectivity index (χ3v) is 1.32. The molecule has 0 aliphatic heterocycles. The predicted molar refractivity (Wildman–Crippen MR) is 41.7 cm³/mol. The fourth-order valence-electron chi connectivity index (χ4n) is 0.829. The number of hydrogen-bond donors (Lipinski definition) is 1. The quantitative estimate of drug-likeness (QED) is 0.660. The smallest absolute Gasteiger partial charge is 0.140 e. The summed E-state index contributed by atoms with van der Waals surface area (Å²) in [6.07, 6.45) is 0.732. The molecule has 0 spiro atoms. The summed E-state index contributed by atoms with van der Waals surface area (Å²) in [5.41, 5.74) is 6.66. The SMILES string of the molecule is N#Cc1cccc(CCN)n1. The highest BCUT2D eigenvalue weighted by Crippen LogP contribution is 1.97. The van der Waals surface area contributed by atoms with Crippen LogP contribution < -0.4 is 5.73 Å². The van der Waals surface area contributed by atoms with Gasteiger partial charge in [-0.1, -0.05) is 6.07 Å². The van der Waals surface area contributed by atoms with Crippen LogP contribution in [0.4, 0.5) is 0 Å². The molecule has 0 unspecified atom stereocenters. The molecular weight excluding hydrogens is 138 g/mol. The highest BCUT2D eigenvalue weighted by molar-refractivity contribution is 5.22. The highest BCUT2D eigenvalue weighted by Gasteiger charge is 1.93. The lowest BCUT2D eigenvalue weighted by Gasteiger charge is -1.95. The molecule has 0 aliphatic carbocycles. The molecule has 0 bridgehead atoms. The van der Waals surface area contributed by atoms with Crippen molar-refractivity contribution < 1.29 is 0 Å². The van der Waals surface area contributed by atoms with Gasteiger partial charge in [-0.05, 0) is 18.7 Å². The Bertz CT molecular complexity index is 275. The summed E-state index contributed by atoms with van der Waals surface area (Å²) in [6.45, 7) is 0.571. The lowest BCUT2D eigenvalue weighted by molar-refractivity contribution is 0.919. The largest absolute Gasteiger partial charge is 0.330 e. The van der Waals surface area contributed by atoms with Crippen LogP contribution in [0, 0.1) is 11.3 Å². The molecule has 3 nitrogen and oxygen atoms in total. The van der Waals surface area contributed by atoms with Gasteiger partial charge < -0.3 is 5.73 Å². The Balaban J connectivity index is 2.85. The first-order valence-corrected chi connectivity index (χ1v) is 3.43. The molecule has 3 heteroatoms. The number of pyridine rings is 1. The van der Waals surface area contributed by atoms with Gasteiger partial charge in [-0.25, -0.2) is 4.98 Å². The van der Waals surface area contributed by atoms with E-state index in [2.05, 4.69) is 4.98 Å². The van der Waals surface area contributed by atoms with Crippen LogP contribution in [0.3, 0.4) is 0 Å². The van der Waals surface area contributed by atoms with Crippen LogP contribution in [0.5, 0.6) is 0 Å². The van der Waals surface area contributed by atoms with Gasteiger partial charge in [0.05, 0.1) is 0 Å². The lowest BCUT2D eigenvalue weighted by atomic mass is 10.2. The maximum Gasteiger partial charge on any atom is 0.140 e. The molecule has 1 aromatic heterocycles. The van der Waals surface area contributed by atoms with Crippen molar-refractivity contribution in [1.82, 2.24) is 4.98 Å². The minimum Gasteiger partial charge on any atom is -0.330 e. The summed E-state index contributed by atoms with van der Waals surface area (Å²) in [6, 6.07) is 7.34. The molecule has 1 aromatic rings. The second-order valence-corrected chi connectivity index (χ2v) is 2.16. The Morgan fingerprint density at radius 2 is 2.36 bits per heavy atom. The van der Waals surface area contributed by atoms with Crippen LogP contribution in [0.25, 0.3) is 0 Å². The summed E-state index contributed by atoms with van der Waals surface area (Å²) in [4.78, 5) is 4.04. The average Bonchev–Trinajstić information content (AvgIpc) is 2.06. The maximum atomic E-state index is 8.49. The molecule has 0 saturated heterocycles. The van der Waals surface area contributed by atoms with Gasteiger partial charge in [-0.3, -0.25) is 0 Å². The Kier molecular flexibility index (Phi) is 2.59. The Hall–Kier alpha value is -1.40. The van der Waals surface area contributed by atoms with Gasteiger partial charge in [0.15, 0.2) is 0 Å². The number of nitrogens with two attached hydrogens (primary N) is 1. The van der Waals surface area contributed by atoms with Gasteiger partial charge in [0.1, 0.15) is 11.8 Å². The van der Waals surface area contributed by atoms with E-state index in [9.17, 15) is 0 Å². The van der Waals surface area contributed by atoms with E-state index in [0.717, 1.165) is 12.1 Å². The topological polar surface area (TPSA) is 62.7 Å². The summed E-state index contributed by atoms with van der Waals surface area (Å²) >= 11 is 0. The van der Waals surface area contributed by atoms with Crippen LogP contribution in [-0.4, -0.2) is 11.5 Å². The predicted octanol–water partition coefficient (Wildman–Crippen LogP) is 0.454. The maximum absolute atomic E-state index is 8.49. The third-order valence-electron chi connectivity index (χ3n) is 1.32. The second kappa shape index (κ2) is 3.69. The monoisotopic (exact) mass is 147 g/mol. The Labute approximate surface area is 65.5 Å². The van der Waals surface area contributed by atoms with E-state index in [-0.39, 0.29) is 0 Å². The fraction of sp³-hybridized carbons (Fsp3) is 0.250. The summed E-state index contributed by atoms with van der Waals surface area (Å²) in [7, 11) is 0. The molecule has 0 saturated carbocycles. The Morgan fingerprint density at radius 3 is 3.00 bits per heavy atom. The van der Waals surface area contributed by atoms with Crippen LogP contribution in [-0.2, 0) is 6.42 Å². The molecule has 0 radical (unpaired) electrons. The van der Waals surface area contributed by atoms with E-state index in [1.54, 1.807) is 6.07 Å².